The molecule has 2 aromatic carbocycles. The summed E-state index contributed by atoms with van der Waals surface area (Å²) in [5.74, 6) is 0.786. The van der Waals surface area contributed by atoms with E-state index in [1.807, 2.05) is 38.1 Å². The lowest BCUT2D eigenvalue weighted by Gasteiger charge is -2.11. The number of anilines is 3. The smallest absolute Gasteiger partial charge is 0.276 e. The monoisotopic (exact) mass is 382 g/mol. The molecule has 138 valence electrons. The number of ether oxygens (including phenoxy) is 1. The molecule has 0 aliphatic carbocycles. The predicted molar refractivity (Wildman–Crippen MR) is 107 cm³/mol. The van der Waals surface area contributed by atoms with E-state index in [1.54, 1.807) is 30.3 Å². The van der Waals surface area contributed by atoms with Gasteiger partial charge in [-0.05, 0) is 61.9 Å². The highest BCUT2D eigenvalue weighted by Crippen LogP contribution is 2.25. The SMILES string of the molecule is CCOc1ccccc1NC(=O)c1ccc(Nc2ccc(Cl)cc2C)nn1. The van der Waals surface area contributed by atoms with E-state index in [-0.39, 0.29) is 11.6 Å². The maximum Gasteiger partial charge on any atom is 0.276 e. The predicted octanol–water partition coefficient (Wildman–Crippen LogP) is 4.83. The van der Waals surface area contributed by atoms with Crippen molar-refractivity contribution in [1.82, 2.24) is 10.2 Å². The number of para-hydroxylation sites is 2. The number of rotatable bonds is 6. The third kappa shape index (κ3) is 4.74. The first kappa shape index (κ1) is 18.7. The van der Waals surface area contributed by atoms with Gasteiger partial charge in [-0.25, -0.2) is 0 Å². The van der Waals surface area contributed by atoms with Crippen molar-refractivity contribution in [1.29, 1.82) is 0 Å². The van der Waals surface area contributed by atoms with Gasteiger partial charge in [-0.2, -0.15) is 0 Å². The minimum absolute atomic E-state index is 0.208. The average Bonchev–Trinajstić information content (AvgIpc) is 2.66. The maximum absolute atomic E-state index is 12.4. The Balaban J connectivity index is 1.70. The van der Waals surface area contributed by atoms with Crippen molar-refractivity contribution in [3.05, 3.63) is 70.9 Å². The van der Waals surface area contributed by atoms with Gasteiger partial charge in [0.25, 0.3) is 5.91 Å². The van der Waals surface area contributed by atoms with Gasteiger partial charge in [0, 0.05) is 10.7 Å². The molecule has 27 heavy (non-hydrogen) atoms. The van der Waals surface area contributed by atoms with Crippen molar-refractivity contribution in [2.75, 3.05) is 17.2 Å². The molecule has 2 N–H and O–H groups in total. The van der Waals surface area contributed by atoms with E-state index in [1.165, 1.54) is 0 Å². The number of nitrogens with one attached hydrogen (secondary N) is 2. The van der Waals surface area contributed by atoms with Crippen LogP contribution in [0.5, 0.6) is 5.75 Å². The average molecular weight is 383 g/mol. The van der Waals surface area contributed by atoms with Crippen LogP contribution in [0, 0.1) is 6.92 Å². The molecule has 1 amide bonds. The van der Waals surface area contributed by atoms with Gasteiger partial charge >= 0.3 is 0 Å². The highest BCUT2D eigenvalue weighted by atomic mass is 35.5. The third-order valence-corrected chi connectivity index (χ3v) is 4.02. The highest BCUT2D eigenvalue weighted by Gasteiger charge is 2.12. The lowest BCUT2D eigenvalue weighted by Crippen LogP contribution is -2.15. The van der Waals surface area contributed by atoms with Crippen LogP contribution in [0.3, 0.4) is 0 Å². The van der Waals surface area contributed by atoms with Crippen molar-refractivity contribution in [2.45, 2.75) is 13.8 Å². The van der Waals surface area contributed by atoms with E-state index >= 15 is 0 Å². The Bertz CT molecular complexity index is 945. The molecule has 7 heteroatoms. The second-order valence-corrected chi connectivity index (χ2v) is 6.21. The Hall–Kier alpha value is -3.12. The zero-order valence-electron chi connectivity index (χ0n) is 15.0. The minimum Gasteiger partial charge on any atom is -0.492 e. The number of benzene rings is 2. The zero-order valence-corrected chi connectivity index (χ0v) is 15.7. The van der Waals surface area contributed by atoms with Crippen LogP contribution in [0.4, 0.5) is 17.2 Å². The number of amides is 1. The van der Waals surface area contributed by atoms with E-state index in [4.69, 9.17) is 16.3 Å². The van der Waals surface area contributed by atoms with Gasteiger partial charge < -0.3 is 15.4 Å². The summed E-state index contributed by atoms with van der Waals surface area (Å²) in [6, 6.07) is 16.1. The standard InChI is InChI=1S/C20H19ClN4O2/c1-3-27-18-7-5-4-6-16(18)23-20(26)17-10-11-19(25-24-17)22-15-9-8-14(21)12-13(15)2/h4-12H,3H2,1-2H3,(H,22,25)(H,23,26). The molecule has 0 spiro atoms. The lowest BCUT2D eigenvalue weighted by atomic mass is 10.2. The van der Waals surface area contributed by atoms with Crippen molar-refractivity contribution in [2.24, 2.45) is 0 Å². The number of hydrogen-bond donors (Lipinski definition) is 2. The van der Waals surface area contributed by atoms with Gasteiger partial charge in [-0.1, -0.05) is 23.7 Å². The topological polar surface area (TPSA) is 76.1 Å². The summed E-state index contributed by atoms with van der Waals surface area (Å²) in [4.78, 5) is 12.4. The number of nitrogens with zero attached hydrogens (tertiary/aromatic N) is 2. The first-order chi connectivity index (χ1) is 13.1. The molecule has 1 heterocycles. The summed E-state index contributed by atoms with van der Waals surface area (Å²) in [6.45, 7) is 4.34. The third-order valence-electron chi connectivity index (χ3n) is 3.78. The molecule has 0 unspecified atom stereocenters. The van der Waals surface area contributed by atoms with E-state index in [0.717, 1.165) is 11.3 Å². The molecule has 6 nitrogen and oxygen atoms in total. The Morgan fingerprint density at radius 2 is 1.89 bits per heavy atom. The Labute approximate surface area is 162 Å². The van der Waals surface area contributed by atoms with E-state index in [0.29, 0.717) is 28.9 Å². The molecule has 1 aromatic heterocycles. The van der Waals surface area contributed by atoms with Crippen molar-refractivity contribution >= 4 is 34.7 Å². The molecule has 3 rings (SSSR count). The van der Waals surface area contributed by atoms with E-state index in [9.17, 15) is 4.79 Å². The van der Waals surface area contributed by atoms with E-state index < -0.39 is 0 Å². The number of aryl methyl sites for hydroxylation is 1. The summed E-state index contributed by atoms with van der Waals surface area (Å²) in [6.07, 6.45) is 0. The van der Waals surface area contributed by atoms with Crippen molar-refractivity contribution in [3.63, 3.8) is 0 Å². The van der Waals surface area contributed by atoms with Crippen LogP contribution < -0.4 is 15.4 Å². The van der Waals surface area contributed by atoms with Crippen LogP contribution in [0.1, 0.15) is 23.0 Å². The number of hydrogen-bond acceptors (Lipinski definition) is 5. The number of carbonyl (C=O) groups excluding carboxylic acids is 1. The Morgan fingerprint density at radius 3 is 2.59 bits per heavy atom. The summed E-state index contributed by atoms with van der Waals surface area (Å²) in [5.41, 5.74) is 2.65. The molecule has 0 bridgehead atoms. The van der Waals surface area contributed by atoms with Crippen LogP contribution in [0.25, 0.3) is 0 Å². The van der Waals surface area contributed by atoms with Crippen molar-refractivity contribution < 1.29 is 9.53 Å². The second-order valence-electron chi connectivity index (χ2n) is 5.77. The first-order valence-electron chi connectivity index (χ1n) is 8.47. The second kappa shape index (κ2) is 8.51. The van der Waals surface area contributed by atoms with Crippen LogP contribution in [-0.2, 0) is 0 Å². The molecule has 0 aliphatic rings. The normalized spacial score (nSPS) is 10.3. The summed E-state index contributed by atoms with van der Waals surface area (Å²) < 4.78 is 5.51. The maximum atomic E-state index is 12.4. The molecular weight excluding hydrogens is 364 g/mol. The molecule has 0 saturated carbocycles. The van der Waals surface area contributed by atoms with Gasteiger partial charge in [0.15, 0.2) is 11.5 Å². The number of halogens is 1. The van der Waals surface area contributed by atoms with Gasteiger partial charge in [-0.15, -0.1) is 10.2 Å². The van der Waals surface area contributed by atoms with Crippen LogP contribution >= 0.6 is 11.6 Å². The zero-order chi connectivity index (χ0) is 19.2. The van der Waals surface area contributed by atoms with Crippen LogP contribution in [-0.4, -0.2) is 22.7 Å². The summed E-state index contributed by atoms with van der Waals surface area (Å²) in [5, 5.41) is 14.7. The van der Waals surface area contributed by atoms with Crippen LogP contribution in [0.2, 0.25) is 5.02 Å². The molecule has 0 aliphatic heterocycles. The van der Waals surface area contributed by atoms with Gasteiger partial charge in [0.2, 0.25) is 0 Å². The lowest BCUT2D eigenvalue weighted by molar-refractivity contribution is 0.102. The number of aromatic nitrogens is 2. The molecular formula is C20H19ClN4O2. The fourth-order valence-corrected chi connectivity index (χ4v) is 2.69. The molecule has 0 fully saturated rings. The van der Waals surface area contributed by atoms with Gasteiger partial charge in [0.1, 0.15) is 5.75 Å². The van der Waals surface area contributed by atoms with Crippen LogP contribution in [0.15, 0.2) is 54.6 Å². The summed E-state index contributed by atoms with van der Waals surface area (Å²) in [7, 11) is 0. The molecule has 0 radical (unpaired) electrons. The quantitative estimate of drug-likeness (QED) is 0.638. The van der Waals surface area contributed by atoms with E-state index in [2.05, 4.69) is 20.8 Å². The Kier molecular flexibility index (Phi) is 5.88. The summed E-state index contributed by atoms with van der Waals surface area (Å²) >= 11 is 5.96. The Morgan fingerprint density at radius 1 is 1.07 bits per heavy atom. The van der Waals surface area contributed by atoms with Gasteiger partial charge in [0.05, 0.1) is 12.3 Å². The fraction of sp³-hybridized carbons (Fsp3) is 0.150. The number of carbonyl (C=O) groups is 1. The van der Waals surface area contributed by atoms with Gasteiger partial charge in [-0.3, -0.25) is 4.79 Å². The van der Waals surface area contributed by atoms with Crippen molar-refractivity contribution in [3.8, 4) is 5.75 Å². The molecule has 0 saturated heterocycles. The first-order valence-corrected chi connectivity index (χ1v) is 8.84. The highest BCUT2D eigenvalue weighted by molar-refractivity contribution is 6.30. The molecule has 3 aromatic rings. The molecule has 0 atom stereocenters. The largest absolute Gasteiger partial charge is 0.492 e. The minimum atomic E-state index is -0.358. The fourth-order valence-electron chi connectivity index (χ4n) is 2.46.